The Morgan fingerprint density at radius 1 is 1.47 bits per heavy atom. The minimum atomic E-state index is -0.795. The van der Waals surface area contributed by atoms with Crippen molar-refractivity contribution in [2.75, 3.05) is 5.75 Å². The van der Waals surface area contributed by atoms with Crippen molar-refractivity contribution in [2.45, 2.75) is 11.6 Å². The number of pyridine rings is 1. The Bertz CT molecular complexity index is 483. The second kappa shape index (κ2) is 4.31. The molecular weight excluding hydrogens is 214 g/mol. The summed E-state index contributed by atoms with van der Waals surface area (Å²) in [6.07, 6.45) is 1.99. The maximum absolute atomic E-state index is 10.3. The van der Waals surface area contributed by atoms with Gasteiger partial charge in [-0.25, -0.2) is 0 Å². The smallest absolute Gasteiger partial charge is 0.304 e. The zero-order valence-corrected chi connectivity index (χ0v) is 8.65. The Labute approximate surface area is 90.1 Å². The number of hydrogen-bond acceptors (Lipinski definition) is 4. The monoisotopic (exact) mass is 223 g/mol. The van der Waals surface area contributed by atoms with E-state index >= 15 is 0 Å². The van der Waals surface area contributed by atoms with Crippen LogP contribution in [0.1, 0.15) is 6.42 Å². The van der Waals surface area contributed by atoms with Crippen LogP contribution in [0.3, 0.4) is 0 Å². The van der Waals surface area contributed by atoms with Gasteiger partial charge < -0.3 is 5.11 Å². The number of aliphatic carboxylic acids is 1. The van der Waals surface area contributed by atoms with E-state index in [9.17, 15) is 4.79 Å². The molecule has 0 radical (unpaired) electrons. The fraction of sp³-hybridized carbons (Fsp3) is 0.222. The third-order valence-electron chi connectivity index (χ3n) is 1.83. The third kappa shape index (κ3) is 2.27. The number of thioether (sulfide) groups is 1. The van der Waals surface area contributed by atoms with Crippen molar-refractivity contribution in [3.8, 4) is 0 Å². The zero-order valence-electron chi connectivity index (χ0n) is 7.83. The highest BCUT2D eigenvalue weighted by Crippen LogP contribution is 2.16. The summed E-state index contributed by atoms with van der Waals surface area (Å²) in [7, 11) is 0. The predicted molar refractivity (Wildman–Crippen MR) is 56.0 cm³/mol. The van der Waals surface area contributed by atoms with Crippen LogP contribution in [0.4, 0.5) is 0 Å². The lowest BCUT2D eigenvalue weighted by atomic mass is 10.5. The van der Waals surface area contributed by atoms with Crippen LogP contribution < -0.4 is 0 Å². The maximum Gasteiger partial charge on any atom is 0.304 e. The molecule has 0 aromatic carbocycles. The minimum Gasteiger partial charge on any atom is -0.481 e. The van der Waals surface area contributed by atoms with Gasteiger partial charge in [-0.1, -0.05) is 17.8 Å². The Hall–Kier alpha value is -1.56. The standard InChI is InChI=1S/C9H9N3O2S/c13-8(14)4-6-15-9-11-10-7-3-1-2-5-12(7)9/h1-3,5H,4,6H2,(H,13,14). The minimum absolute atomic E-state index is 0.131. The normalized spacial score (nSPS) is 10.7. The van der Waals surface area contributed by atoms with E-state index in [1.807, 2.05) is 28.8 Å². The highest BCUT2D eigenvalue weighted by molar-refractivity contribution is 7.99. The van der Waals surface area contributed by atoms with Gasteiger partial charge in [-0.15, -0.1) is 10.2 Å². The molecule has 0 saturated carbocycles. The molecule has 0 unspecified atom stereocenters. The molecule has 2 heterocycles. The van der Waals surface area contributed by atoms with E-state index in [0.29, 0.717) is 5.75 Å². The van der Waals surface area contributed by atoms with E-state index < -0.39 is 5.97 Å². The van der Waals surface area contributed by atoms with Crippen LogP contribution in [0, 0.1) is 0 Å². The number of hydrogen-bond donors (Lipinski definition) is 1. The molecule has 1 N–H and O–H groups in total. The summed E-state index contributed by atoms with van der Waals surface area (Å²) >= 11 is 1.39. The van der Waals surface area contributed by atoms with E-state index in [-0.39, 0.29) is 6.42 Å². The van der Waals surface area contributed by atoms with Crippen molar-refractivity contribution < 1.29 is 9.90 Å². The van der Waals surface area contributed by atoms with Gasteiger partial charge in [-0.3, -0.25) is 9.20 Å². The summed E-state index contributed by atoms with van der Waals surface area (Å²) < 4.78 is 1.84. The second-order valence-corrected chi connectivity index (χ2v) is 3.97. The van der Waals surface area contributed by atoms with Crippen LogP contribution in [0.25, 0.3) is 5.65 Å². The van der Waals surface area contributed by atoms with E-state index in [1.54, 1.807) is 0 Å². The molecule has 0 fully saturated rings. The summed E-state index contributed by atoms with van der Waals surface area (Å²) in [6, 6.07) is 5.63. The predicted octanol–water partition coefficient (Wildman–Crippen LogP) is 1.30. The molecule has 15 heavy (non-hydrogen) atoms. The van der Waals surface area contributed by atoms with E-state index in [2.05, 4.69) is 10.2 Å². The largest absolute Gasteiger partial charge is 0.481 e. The lowest BCUT2D eigenvalue weighted by Gasteiger charge is -1.96. The van der Waals surface area contributed by atoms with Gasteiger partial charge in [0.05, 0.1) is 6.42 Å². The van der Waals surface area contributed by atoms with Gasteiger partial charge in [0.1, 0.15) is 0 Å². The SMILES string of the molecule is O=C(O)CCSc1nnc2ccccn12. The van der Waals surface area contributed by atoms with Gasteiger partial charge in [-0.05, 0) is 12.1 Å². The Morgan fingerprint density at radius 3 is 3.13 bits per heavy atom. The topological polar surface area (TPSA) is 67.5 Å². The molecule has 0 atom stereocenters. The lowest BCUT2D eigenvalue weighted by Crippen LogP contribution is -1.96. The fourth-order valence-corrected chi connectivity index (χ4v) is 2.00. The van der Waals surface area contributed by atoms with Gasteiger partial charge >= 0.3 is 5.97 Å². The van der Waals surface area contributed by atoms with E-state index in [4.69, 9.17) is 5.11 Å². The van der Waals surface area contributed by atoms with Crippen LogP contribution in [0.2, 0.25) is 0 Å². The maximum atomic E-state index is 10.3. The molecule has 2 aromatic rings. The average molecular weight is 223 g/mol. The zero-order chi connectivity index (χ0) is 10.7. The average Bonchev–Trinajstić information content (AvgIpc) is 2.62. The van der Waals surface area contributed by atoms with Crippen LogP contribution in [-0.4, -0.2) is 31.4 Å². The Morgan fingerprint density at radius 2 is 2.33 bits per heavy atom. The van der Waals surface area contributed by atoms with Gasteiger partial charge in [0.15, 0.2) is 10.8 Å². The number of rotatable bonds is 4. The van der Waals surface area contributed by atoms with E-state index in [1.165, 1.54) is 11.8 Å². The van der Waals surface area contributed by atoms with E-state index in [0.717, 1.165) is 10.8 Å². The molecule has 6 heteroatoms. The quantitative estimate of drug-likeness (QED) is 0.791. The summed E-state index contributed by atoms with van der Waals surface area (Å²) in [4.78, 5) is 10.3. The summed E-state index contributed by atoms with van der Waals surface area (Å²) in [5, 5.41) is 17.2. The first-order chi connectivity index (χ1) is 7.27. The molecule has 78 valence electrons. The molecular formula is C9H9N3O2S. The number of carbonyl (C=O) groups is 1. The van der Waals surface area contributed by atoms with Gasteiger partial charge in [-0.2, -0.15) is 0 Å². The summed E-state index contributed by atoms with van der Waals surface area (Å²) in [5.41, 5.74) is 0.773. The number of nitrogens with zero attached hydrogens (tertiary/aromatic N) is 3. The number of carboxylic acid groups (broad SMARTS) is 1. The second-order valence-electron chi connectivity index (χ2n) is 2.90. The molecule has 0 bridgehead atoms. The van der Waals surface area contributed by atoms with Crippen LogP contribution >= 0.6 is 11.8 Å². The molecule has 0 amide bonds. The number of aromatic nitrogens is 3. The van der Waals surface area contributed by atoms with Crippen molar-refractivity contribution >= 4 is 23.4 Å². The molecule has 0 aliphatic rings. The highest BCUT2D eigenvalue weighted by Gasteiger charge is 2.05. The van der Waals surface area contributed by atoms with Crippen molar-refractivity contribution in [3.63, 3.8) is 0 Å². The van der Waals surface area contributed by atoms with Gasteiger partial charge in [0.2, 0.25) is 0 Å². The Balaban J connectivity index is 2.11. The van der Waals surface area contributed by atoms with Gasteiger partial charge in [0.25, 0.3) is 0 Å². The van der Waals surface area contributed by atoms with Crippen LogP contribution in [0.15, 0.2) is 29.6 Å². The molecule has 5 nitrogen and oxygen atoms in total. The number of carboxylic acids is 1. The molecule has 2 aromatic heterocycles. The van der Waals surface area contributed by atoms with Crippen molar-refractivity contribution in [1.29, 1.82) is 0 Å². The molecule has 0 saturated heterocycles. The molecule has 0 aliphatic carbocycles. The summed E-state index contributed by atoms with van der Waals surface area (Å²) in [5.74, 6) is -0.290. The summed E-state index contributed by atoms with van der Waals surface area (Å²) in [6.45, 7) is 0. The molecule has 0 spiro atoms. The van der Waals surface area contributed by atoms with Crippen LogP contribution in [0.5, 0.6) is 0 Å². The van der Waals surface area contributed by atoms with Crippen molar-refractivity contribution in [2.24, 2.45) is 0 Å². The van der Waals surface area contributed by atoms with Gasteiger partial charge in [0, 0.05) is 11.9 Å². The molecule has 0 aliphatic heterocycles. The first kappa shape index (κ1) is 9.97. The fourth-order valence-electron chi connectivity index (χ4n) is 1.15. The molecule has 2 rings (SSSR count). The van der Waals surface area contributed by atoms with Crippen molar-refractivity contribution in [3.05, 3.63) is 24.4 Å². The first-order valence-corrected chi connectivity index (χ1v) is 5.40. The van der Waals surface area contributed by atoms with Crippen LogP contribution in [-0.2, 0) is 4.79 Å². The van der Waals surface area contributed by atoms with Crippen molar-refractivity contribution in [1.82, 2.24) is 14.6 Å². The lowest BCUT2D eigenvalue weighted by molar-refractivity contribution is -0.136. The first-order valence-electron chi connectivity index (χ1n) is 4.42. The number of fused-ring (bicyclic) bond motifs is 1. The third-order valence-corrected chi connectivity index (χ3v) is 2.77. The Kier molecular flexibility index (Phi) is 2.86. The highest BCUT2D eigenvalue weighted by atomic mass is 32.2.